The topological polar surface area (TPSA) is 72.7 Å². The van der Waals surface area contributed by atoms with Crippen LogP contribution in [0.4, 0.5) is 0 Å². The fraction of sp³-hybridized carbons (Fsp3) is 0.143. The second-order valence-corrected chi connectivity index (χ2v) is 7.36. The summed E-state index contributed by atoms with van der Waals surface area (Å²) >= 11 is 1.35. The van der Waals surface area contributed by atoms with Crippen molar-refractivity contribution < 1.29 is 4.79 Å². The molecular formula is C21H19N5OS. The molecule has 0 aliphatic carbocycles. The van der Waals surface area contributed by atoms with Crippen LogP contribution < -0.4 is 5.32 Å². The van der Waals surface area contributed by atoms with Gasteiger partial charge in [0.2, 0.25) is 0 Å². The molecular weight excluding hydrogens is 370 g/mol. The summed E-state index contributed by atoms with van der Waals surface area (Å²) in [7, 11) is 1.92. The molecule has 0 spiro atoms. The van der Waals surface area contributed by atoms with Crippen molar-refractivity contribution in [3.05, 3.63) is 89.1 Å². The van der Waals surface area contributed by atoms with Crippen LogP contribution in [0.25, 0.3) is 10.7 Å². The Hall–Kier alpha value is -3.32. The van der Waals surface area contributed by atoms with Gasteiger partial charge in [0.25, 0.3) is 5.91 Å². The Bertz CT molecular complexity index is 1090. The van der Waals surface area contributed by atoms with Gasteiger partial charge in [-0.15, -0.1) is 11.3 Å². The van der Waals surface area contributed by atoms with E-state index >= 15 is 0 Å². The molecule has 0 fully saturated rings. The number of imidazole rings is 1. The number of hydrogen-bond donors (Lipinski definition) is 1. The average molecular weight is 389 g/mol. The Morgan fingerprint density at radius 1 is 1.07 bits per heavy atom. The Balaban J connectivity index is 1.66. The van der Waals surface area contributed by atoms with E-state index in [1.165, 1.54) is 11.3 Å². The molecule has 1 atom stereocenters. The first-order valence-electron chi connectivity index (χ1n) is 8.85. The lowest BCUT2D eigenvalue weighted by Gasteiger charge is -2.19. The van der Waals surface area contributed by atoms with Crippen LogP contribution in [0.2, 0.25) is 0 Å². The molecule has 3 aromatic heterocycles. The maximum absolute atomic E-state index is 13.1. The van der Waals surface area contributed by atoms with Crippen molar-refractivity contribution in [3.63, 3.8) is 0 Å². The van der Waals surface area contributed by atoms with Crippen molar-refractivity contribution in [2.75, 3.05) is 0 Å². The first-order valence-corrected chi connectivity index (χ1v) is 9.67. The molecule has 0 saturated carbocycles. The molecule has 140 valence electrons. The summed E-state index contributed by atoms with van der Waals surface area (Å²) < 4.78 is 1.91. The number of thiazole rings is 1. The Kier molecular flexibility index (Phi) is 4.99. The molecule has 28 heavy (non-hydrogen) atoms. The van der Waals surface area contributed by atoms with E-state index in [-0.39, 0.29) is 11.9 Å². The minimum Gasteiger partial charge on any atom is -0.337 e. The second kappa shape index (κ2) is 7.74. The standard InChI is InChI=1S/C21H19N5OS/c1-14-18(28-21(24-14)16-10-6-7-11-22-16)20(27)25-17(15-8-4-3-5-9-15)19-23-12-13-26(19)2/h3-13,17H,1-2H3,(H,25,27). The fourth-order valence-corrected chi connectivity index (χ4v) is 3.95. The van der Waals surface area contributed by atoms with Gasteiger partial charge < -0.3 is 9.88 Å². The van der Waals surface area contributed by atoms with Gasteiger partial charge >= 0.3 is 0 Å². The molecule has 1 amide bonds. The smallest absolute Gasteiger partial charge is 0.264 e. The van der Waals surface area contributed by atoms with E-state index in [2.05, 4.69) is 20.3 Å². The zero-order valence-corrected chi connectivity index (χ0v) is 16.4. The first-order chi connectivity index (χ1) is 13.6. The Morgan fingerprint density at radius 2 is 1.86 bits per heavy atom. The van der Waals surface area contributed by atoms with Gasteiger partial charge in [-0.1, -0.05) is 36.4 Å². The van der Waals surface area contributed by atoms with E-state index in [1.54, 1.807) is 12.4 Å². The zero-order chi connectivity index (χ0) is 19.5. The highest BCUT2D eigenvalue weighted by molar-refractivity contribution is 7.17. The van der Waals surface area contributed by atoms with E-state index in [4.69, 9.17) is 0 Å². The van der Waals surface area contributed by atoms with Gasteiger partial charge in [-0.3, -0.25) is 9.78 Å². The van der Waals surface area contributed by atoms with Crippen LogP contribution in [0.5, 0.6) is 0 Å². The number of pyridine rings is 1. The number of carbonyl (C=O) groups is 1. The first kappa shape index (κ1) is 18.1. The SMILES string of the molecule is Cc1nc(-c2ccccn2)sc1C(=O)NC(c1ccccc1)c1nccn1C. The van der Waals surface area contributed by atoms with Crippen LogP contribution in [-0.2, 0) is 7.05 Å². The third-order valence-corrected chi connectivity index (χ3v) is 5.59. The van der Waals surface area contributed by atoms with Gasteiger partial charge in [-0.05, 0) is 24.6 Å². The van der Waals surface area contributed by atoms with Crippen molar-refractivity contribution >= 4 is 17.2 Å². The predicted molar refractivity (Wildman–Crippen MR) is 109 cm³/mol. The van der Waals surface area contributed by atoms with Crippen molar-refractivity contribution in [1.29, 1.82) is 0 Å². The lowest BCUT2D eigenvalue weighted by Crippen LogP contribution is -2.31. The number of nitrogens with one attached hydrogen (secondary N) is 1. The third kappa shape index (κ3) is 3.57. The van der Waals surface area contributed by atoms with E-state index in [1.807, 2.05) is 73.3 Å². The minimum absolute atomic E-state index is 0.172. The number of aryl methyl sites for hydroxylation is 2. The number of nitrogens with zero attached hydrogens (tertiary/aromatic N) is 4. The molecule has 1 aromatic carbocycles. The Labute approximate surface area is 166 Å². The number of amides is 1. The summed E-state index contributed by atoms with van der Waals surface area (Å²) in [5.74, 6) is 0.598. The van der Waals surface area contributed by atoms with Crippen LogP contribution >= 0.6 is 11.3 Å². The highest BCUT2D eigenvalue weighted by atomic mass is 32.1. The minimum atomic E-state index is -0.353. The van der Waals surface area contributed by atoms with E-state index < -0.39 is 0 Å². The lowest BCUT2D eigenvalue weighted by molar-refractivity contribution is 0.0944. The molecule has 4 rings (SSSR count). The summed E-state index contributed by atoms with van der Waals surface area (Å²) in [5.41, 5.74) is 2.42. The molecule has 3 heterocycles. The normalized spacial score (nSPS) is 11.9. The molecule has 1 N–H and O–H groups in total. The molecule has 0 bridgehead atoms. The lowest BCUT2D eigenvalue weighted by atomic mass is 10.1. The van der Waals surface area contributed by atoms with E-state index in [9.17, 15) is 4.79 Å². The summed E-state index contributed by atoms with van der Waals surface area (Å²) in [5, 5.41) is 3.86. The monoisotopic (exact) mass is 389 g/mol. The highest BCUT2D eigenvalue weighted by Crippen LogP contribution is 2.28. The van der Waals surface area contributed by atoms with E-state index in [0.29, 0.717) is 10.6 Å². The molecule has 1 unspecified atom stereocenters. The quantitative estimate of drug-likeness (QED) is 0.564. The molecule has 0 saturated heterocycles. The van der Waals surface area contributed by atoms with Crippen molar-refractivity contribution in [2.45, 2.75) is 13.0 Å². The van der Waals surface area contributed by atoms with Crippen LogP contribution in [0, 0.1) is 6.92 Å². The molecule has 0 radical (unpaired) electrons. The van der Waals surface area contributed by atoms with Crippen LogP contribution in [0.15, 0.2) is 67.1 Å². The van der Waals surface area contributed by atoms with Crippen LogP contribution in [-0.4, -0.2) is 25.4 Å². The largest absolute Gasteiger partial charge is 0.337 e. The van der Waals surface area contributed by atoms with Gasteiger partial charge in [0.05, 0.1) is 11.4 Å². The van der Waals surface area contributed by atoms with Crippen molar-refractivity contribution in [1.82, 2.24) is 24.8 Å². The number of carbonyl (C=O) groups excluding carboxylic acids is 1. The maximum Gasteiger partial charge on any atom is 0.264 e. The second-order valence-electron chi connectivity index (χ2n) is 6.36. The molecule has 0 aliphatic heterocycles. The molecule has 0 aliphatic rings. The average Bonchev–Trinajstić information content (AvgIpc) is 3.33. The van der Waals surface area contributed by atoms with Gasteiger partial charge in [-0.25, -0.2) is 9.97 Å². The van der Waals surface area contributed by atoms with Gasteiger partial charge in [0.1, 0.15) is 21.8 Å². The summed E-state index contributed by atoms with van der Waals surface area (Å²) in [6, 6.07) is 15.1. The number of hydrogen-bond acceptors (Lipinski definition) is 5. The summed E-state index contributed by atoms with van der Waals surface area (Å²) in [6.45, 7) is 1.84. The van der Waals surface area contributed by atoms with Gasteiger partial charge in [-0.2, -0.15) is 0 Å². The van der Waals surface area contributed by atoms with E-state index in [0.717, 1.165) is 22.1 Å². The number of rotatable bonds is 5. The van der Waals surface area contributed by atoms with Gasteiger partial charge in [0, 0.05) is 25.6 Å². The summed E-state index contributed by atoms with van der Waals surface area (Å²) in [6.07, 6.45) is 5.32. The van der Waals surface area contributed by atoms with Crippen LogP contribution in [0.1, 0.15) is 32.8 Å². The highest BCUT2D eigenvalue weighted by Gasteiger charge is 2.24. The summed E-state index contributed by atoms with van der Waals surface area (Å²) in [4.78, 5) is 27.0. The number of aromatic nitrogens is 4. The maximum atomic E-state index is 13.1. The molecule has 6 nitrogen and oxygen atoms in total. The molecule has 7 heteroatoms. The fourth-order valence-electron chi connectivity index (χ4n) is 3.00. The third-order valence-electron chi connectivity index (χ3n) is 4.41. The van der Waals surface area contributed by atoms with Crippen molar-refractivity contribution in [3.8, 4) is 10.7 Å². The molecule has 4 aromatic rings. The van der Waals surface area contributed by atoms with Crippen LogP contribution in [0.3, 0.4) is 0 Å². The zero-order valence-electron chi connectivity index (χ0n) is 15.5. The number of benzene rings is 1. The predicted octanol–water partition coefficient (Wildman–Crippen LogP) is 3.77. The Morgan fingerprint density at radius 3 is 2.54 bits per heavy atom. The van der Waals surface area contributed by atoms with Crippen molar-refractivity contribution in [2.24, 2.45) is 7.05 Å². The van der Waals surface area contributed by atoms with Gasteiger partial charge in [0.15, 0.2) is 0 Å².